The van der Waals surface area contributed by atoms with Crippen LogP contribution in [-0.4, -0.2) is 39.7 Å². The molecule has 1 saturated heterocycles. The van der Waals surface area contributed by atoms with E-state index in [0.717, 1.165) is 37.1 Å². The molecule has 6 nitrogen and oxygen atoms in total. The molecule has 0 aromatic carbocycles. The lowest BCUT2D eigenvalue weighted by Gasteiger charge is -2.47. The molecule has 2 amide bonds. The second-order valence-corrected chi connectivity index (χ2v) is 6.26. The van der Waals surface area contributed by atoms with Gasteiger partial charge in [-0.1, -0.05) is 12.8 Å². The van der Waals surface area contributed by atoms with E-state index in [4.69, 9.17) is 4.42 Å². The lowest BCUT2D eigenvalue weighted by Crippen LogP contribution is -2.56. The molecular weight excluding hydrogens is 270 g/mol. The smallest absolute Gasteiger partial charge is 0.317 e. The highest BCUT2D eigenvalue weighted by Crippen LogP contribution is 2.39. The molecular formula is C15H23N3O3. The van der Waals surface area contributed by atoms with Crippen molar-refractivity contribution in [1.29, 1.82) is 0 Å². The van der Waals surface area contributed by atoms with E-state index in [0.29, 0.717) is 26.1 Å². The van der Waals surface area contributed by atoms with Crippen LogP contribution in [0.15, 0.2) is 10.8 Å². The van der Waals surface area contributed by atoms with Crippen molar-refractivity contribution in [1.82, 2.24) is 15.2 Å². The van der Waals surface area contributed by atoms with E-state index < -0.39 is 5.60 Å². The number of piperidine rings is 1. The summed E-state index contributed by atoms with van der Waals surface area (Å²) in [5.74, 6) is 0.954. The highest BCUT2D eigenvalue weighted by atomic mass is 16.3. The molecule has 2 fully saturated rings. The van der Waals surface area contributed by atoms with Crippen LogP contribution in [0.25, 0.3) is 0 Å². The molecule has 2 unspecified atom stereocenters. The summed E-state index contributed by atoms with van der Waals surface area (Å²) in [5.41, 5.74) is 0.215. The third kappa shape index (κ3) is 2.90. The van der Waals surface area contributed by atoms with Gasteiger partial charge in [-0.3, -0.25) is 0 Å². The minimum atomic E-state index is -0.544. The number of likely N-dealkylation sites (tertiary alicyclic amines) is 1. The standard InChI is InChI=1S/C15H23N3O3/c1-11-13(17-10-21-11)8-16-14(19)18-7-6-15(20)5-3-2-4-12(15)9-18/h10,12,20H,2-9H2,1H3,(H,16,19). The Bertz CT molecular complexity index is 516. The van der Waals surface area contributed by atoms with Crippen LogP contribution in [0, 0.1) is 12.8 Å². The predicted octanol–water partition coefficient (Wildman–Crippen LogP) is 1.82. The number of aryl methyl sites for hydroxylation is 1. The zero-order valence-corrected chi connectivity index (χ0v) is 12.5. The van der Waals surface area contributed by atoms with Crippen LogP contribution in [0.2, 0.25) is 0 Å². The molecule has 116 valence electrons. The van der Waals surface area contributed by atoms with E-state index in [-0.39, 0.29) is 11.9 Å². The van der Waals surface area contributed by atoms with Gasteiger partial charge in [0.05, 0.1) is 12.1 Å². The van der Waals surface area contributed by atoms with Gasteiger partial charge < -0.3 is 19.7 Å². The number of urea groups is 1. The topological polar surface area (TPSA) is 78.6 Å². The average Bonchev–Trinajstić information content (AvgIpc) is 2.89. The molecule has 3 rings (SSSR count). The van der Waals surface area contributed by atoms with Crippen LogP contribution in [-0.2, 0) is 6.54 Å². The average molecular weight is 293 g/mol. The summed E-state index contributed by atoms with van der Waals surface area (Å²) in [6.45, 7) is 3.49. The van der Waals surface area contributed by atoms with Crippen molar-refractivity contribution >= 4 is 6.03 Å². The molecule has 1 aromatic rings. The number of nitrogens with one attached hydrogen (secondary N) is 1. The molecule has 2 aliphatic rings. The van der Waals surface area contributed by atoms with Gasteiger partial charge >= 0.3 is 6.03 Å². The van der Waals surface area contributed by atoms with E-state index in [1.807, 2.05) is 11.8 Å². The van der Waals surface area contributed by atoms with E-state index >= 15 is 0 Å². The lowest BCUT2D eigenvalue weighted by atomic mass is 9.71. The van der Waals surface area contributed by atoms with Crippen molar-refractivity contribution < 1.29 is 14.3 Å². The van der Waals surface area contributed by atoms with Crippen LogP contribution in [0.1, 0.15) is 43.6 Å². The number of hydrogen-bond acceptors (Lipinski definition) is 4. The zero-order valence-electron chi connectivity index (χ0n) is 12.5. The molecule has 2 N–H and O–H groups in total. The van der Waals surface area contributed by atoms with E-state index in [1.54, 1.807) is 0 Å². The van der Waals surface area contributed by atoms with Gasteiger partial charge in [-0.2, -0.15) is 0 Å². The van der Waals surface area contributed by atoms with Crippen LogP contribution in [0.5, 0.6) is 0 Å². The maximum absolute atomic E-state index is 12.3. The van der Waals surface area contributed by atoms with Gasteiger partial charge in [-0.05, 0) is 26.2 Å². The van der Waals surface area contributed by atoms with E-state index in [1.165, 1.54) is 6.39 Å². The maximum Gasteiger partial charge on any atom is 0.317 e. The summed E-state index contributed by atoms with van der Waals surface area (Å²) in [7, 11) is 0. The number of rotatable bonds is 2. The van der Waals surface area contributed by atoms with E-state index in [9.17, 15) is 9.90 Å². The first-order valence-corrected chi connectivity index (χ1v) is 7.72. The first kappa shape index (κ1) is 14.4. The van der Waals surface area contributed by atoms with Crippen molar-refractivity contribution in [2.24, 2.45) is 5.92 Å². The van der Waals surface area contributed by atoms with E-state index in [2.05, 4.69) is 10.3 Å². The lowest BCUT2D eigenvalue weighted by molar-refractivity contribution is -0.0870. The number of oxazole rings is 1. The molecule has 1 aliphatic heterocycles. The van der Waals surface area contributed by atoms with Gasteiger partial charge in [0, 0.05) is 19.0 Å². The van der Waals surface area contributed by atoms with Crippen LogP contribution < -0.4 is 5.32 Å². The Balaban J connectivity index is 1.55. The fourth-order valence-electron chi connectivity index (χ4n) is 3.52. The quantitative estimate of drug-likeness (QED) is 0.872. The monoisotopic (exact) mass is 293 g/mol. The third-order valence-corrected chi connectivity index (χ3v) is 4.97. The number of carbonyl (C=O) groups is 1. The fraction of sp³-hybridized carbons (Fsp3) is 0.733. The third-order valence-electron chi connectivity index (χ3n) is 4.97. The molecule has 2 heterocycles. The highest BCUT2D eigenvalue weighted by Gasteiger charge is 2.43. The number of hydrogen-bond donors (Lipinski definition) is 2. The van der Waals surface area contributed by atoms with Gasteiger partial charge in [0.1, 0.15) is 11.5 Å². The summed E-state index contributed by atoms with van der Waals surface area (Å²) < 4.78 is 5.12. The Morgan fingerprint density at radius 3 is 3.19 bits per heavy atom. The highest BCUT2D eigenvalue weighted by molar-refractivity contribution is 5.74. The summed E-state index contributed by atoms with van der Waals surface area (Å²) >= 11 is 0. The Labute approximate surface area is 124 Å². The molecule has 1 aromatic heterocycles. The minimum absolute atomic E-state index is 0.0787. The zero-order chi connectivity index (χ0) is 14.9. The first-order valence-electron chi connectivity index (χ1n) is 7.72. The Morgan fingerprint density at radius 1 is 1.57 bits per heavy atom. The van der Waals surface area contributed by atoms with Crippen LogP contribution in [0.4, 0.5) is 4.79 Å². The van der Waals surface area contributed by atoms with Crippen molar-refractivity contribution in [3.8, 4) is 0 Å². The summed E-state index contributed by atoms with van der Waals surface area (Å²) in [6.07, 6.45) is 6.23. The number of fused-ring (bicyclic) bond motifs is 1. The Kier molecular flexibility index (Phi) is 3.89. The molecule has 2 atom stereocenters. The van der Waals surface area contributed by atoms with Gasteiger partial charge in [0.15, 0.2) is 6.39 Å². The maximum atomic E-state index is 12.3. The molecule has 21 heavy (non-hydrogen) atoms. The van der Waals surface area contributed by atoms with Crippen LogP contribution in [0.3, 0.4) is 0 Å². The number of aromatic nitrogens is 1. The van der Waals surface area contributed by atoms with Gasteiger partial charge in [-0.15, -0.1) is 0 Å². The van der Waals surface area contributed by atoms with Crippen molar-refractivity contribution in [3.63, 3.8) is 0 Å². The van der Waals surface area contributed by atoms with Crippen LogP contribution >= 0.6 is 0 Å². The summed E-state index contributed by atoms with van der Waals surface area (Å²) in [6, 6.07) is -0.0787. The Morgan fingerprint density at radius 2 is 2.43 bits per heavy atom. The second-order valence-electron chi connectivity index (χ2n) is 6.26. The largest absolute Gasteiger partial charge is 0.448 e. The number of nitrogens with zero attached hydrogens (tertiary/aromatic N) is 2. The number of aliphatic hydroxyl groups is 1. The van der Waals surface area contributed by atoms with Gasteiger partial charge in [-0.25, -0.2) is 9.78 Å². The van der Waals surface area contributed by atoms with Gasteiger partial charge in [0.25, 0.3) is 0 Å². The molecule has 0 bridgehead atoms. The molecule has 6 heteroatoms. The van der Waals surface area contributed by atoms with Crippen molar-refractivity contribution in [3.05, 3.63) is 17.8 Å². The second kappa shape index (κ2) is 5.67. The fourth-order valence-corrected chi connectivity index (χ4v) is 3.52. The van der Waals surface area contributed by atoms with Crippen molar-refractivity contribution in [2.75, 3.05) is 13.1 Å². The normalized spacial score (nSPS) is 29.0. The Hall–Kier alpha value is -1.56. The number of amides is 2. The van der Waals surface area contributed by atoms with Crippen molar-refractivity contribution in [2.45, 2.75) is 51.2 Å². The molecule has 0 spiro atoms. The molecule has 1 aliphatic carbocycles. The predicted molar refractivity (Wildman–Crippen MR) is 76.6 cm³/mol. The summed E-state index contributed by atoms with van der Waals surface area (Å²) in [4.78, 5) is 18.1. The summed E-state index contributed by atoms with van der Waals surface area (Å²) in [5, 5.41) is 13.5. The first-order chi connectivity index (χ1) is 10.1. The number of carbonyl (C=O) groups excluding carboxylic acids is 1. The SMILES string of the molecule is Cc1ocnc1CNC(=O)N1CCC2(O)CCCCC2C1. The molecule has 1 saturated carbocycles. The van der Waals surface area contributed by atoms with Gasteiger partial charge in [0.2, 0.25) is 0 Å². The minimum Gasteiger partial charge on any atom is -0.448 e. The molecule has 0 radical (unpaired) electrons.